The van der Waals surface area contributed by atoms with E-state index in [1.54, 1.807) is 6.07 Å². The lowest BCUT2D eigenvalue weighted by Gasteiger charge is -2.23. The van der Waals surface area contributed by atoms with Crippen LogP contribution in [-0.2, 0) is 6.18 Å². The molecule has 0 radical (unpaired) electrons. The fraction of sp³-hybridized carbons (Fsp3) is 0.571. The highest BCUT2D eigenvalue weighted by atomic mass is 19.4. The molecule has 19 heavy (non-hydrogen) atoms. The van der Waals surface area contributed by atoms with Gasteiger partial charge in [0.1, 0.15) is 0 Å². The van der Waals surface area contributed by atoms with Gasteiger partial charge in [-0.3, -0.25) is 0 Å². The molecule has 0 saturated carbocycles. The van der Waals surface area contributed by atoms with Crippen molar-refractivity contribution in [2.24, 2.45) is 5.92 Å². The zero-order valence-corrected chi connectivity index (χ0v) is 11.0. The third-order valence-electron chi connectivity index (χ3n) is 3.60. The molecular formula is C14H19F3N2. The number of rotatable bonds is 3. The van der Waals surface area contributed by atoms with Crippen LogP contribution in [0, 0.1) is 12.8 Å². The predicted molar refractivity (Wildman–Crippen MR) is 70.3 cm³/mol. The van der Waals surface area contributed by atoms with Crippen LogP contribution < -0.4 is 10.6 Å². The van der Waals surface area contributed by atoms with Crippen molar-refractivity contribution < 1.29 is 13.2 Å². The Hall–Kier alpha value is -1.23. The molecule has 0 aliphatic carbocycles. The van der Waals surface area contributed by atoms with Gasteiger partial charge in [0, 0.05) is 12.2 Å². The van der Waals surface area contributed by atoms with Gasteiger partial charge >= 0.3 is 6.18 Å². The standard InChI is InChI=1S/C14H19F3N2/c1-10-2-3-12(8-13(10)14(15,16)17)19-9-11-4-6-18-7-5-11/h2-3,8,11,18-19H,4-7,9H2,1H3. The summed E-state index contributed by atoms with van der Waals surface area (Å²) in [5.41, 5.74) is 0.263. The molecule has 5 heteroatoms. The van der Waals surface area contributed by atoms with Crippen molar-refractivity contribution >= 4 is 5.69 Å². The van der Waals surface area contributed by atoms with Gasteiger partial charge in [0.05, 0.1) is 5.56 Å². The summed E-state index contributed by atoms with van der Waals surface area (Å²) in [7, 11) is 0. The minimum Gasteiger partial charge on any atom is -0.385 e. The maximum absolute atomic E-state index is 12.8. The molecule has 0 atom stereocenters. The first-order valence-electron chi connectivity index (χ1n) is 6.59. The summed E-state index contributed by atoms with van der Waals surface area (Å²) in [6.45, 7) is 4.21. The fourth-order valence-corrected chi connectivity index (χ4v) is 2.39. The van der Waals surface area contributed by atoms with Crippen molar-refractivity contribution in [2.75, 3.05) is 25.0 Å². The lowest BCUT2D eigenvalue weighted by Crippen LogP contribution is -2.31. The average molecular weight is 272 g/mol. The molecule has 1 aromatic carbocycles. The Bertz CT molecular complexity index is 423. The van der Waals surface area contributed by atoms with E-state index in [4.69, 9.17) is 0 Å². The van der Waals surface area contributed by atoms with E-state index in [9.17, 15) is 13.2 Å². The van der Waals surface area contributed by atoms with E-state index in [1.165, 1.54) is 19.1 Å². The highest BCUT2D eigenvalue weighted by Crippen LogP contribution is 2.33. The number of hydrogen-bond acceptors (Lipinski definition) is 2. The number of anilines is 1. The first-order chi connectivity index (χ1) is 8.97. The van der Waals surface area contributed by atoms with Gasteiger partial charge in [-0.1, -0.05) is 6.07 Å². The molecule has 0 aromatic heterocycles. The van der Waals surface area contributed by atoms with Gasteiger partial charge in [0.25, 0.3) is 0 Å². The summed E-state index contributed by atoms with van der Waals surface area (Å²) in [5, 5.41) is 6.40. The van der Waals surface area contributed by atoms with Gasteiger partial charge in [-0.05, 0) is 56.5 Å². The number of alkyl halides is 3. The predicted octanol–water partition coefficient (Wildman–Crippen LogP) is 3.43. The molecule has 2 nitrogen and oxygen atoms in total. The van der Waals surface area contributed by atoms with Crippen LogP contribution in [0.1, 0.15) is 24.0 Å². The minimum absolute atomic E-state index is 0.264. The van der Waals surface area contributed by atoms with Crippen molar-refractivity contribution in [1.29, 1.82) is 0 Å². The quantitative estimate of drug-likeness (QED) is 0.881. The molecule has 1 saturated heterocycles. The van der Waals surface area contributed by atoms with Crippen LogP contribution in [0.15, 0.2) is 18.2 Å². The molecule has 1 fully saturated rings. The molecule has 0 amide bonds. The minimum atomic E-state index is -4.28. The lowest BCUT2D eigenvalue weighted by atomic mass is 9.98. The number of benzene rings is 1. The highest BCUT2D eigenvalue weighted by Gasteiger charge is 2.32. The van der Waals surface area contributed by atoms with E-state index in [2.05, 4.69) is 10.6 Å². The molecule has 1 aliphatic heterocycles. The molecule has 1 aliphatic rings. The van der Waals surface area contributed by atoms with Gasteiger partial charge in [-0.25, -0.2) is 0 Å². The van der Waals surface area contributed by atoms with Crippen molar-refractivity contribution in [3.8, 4) is 0 Å². The van der Waals surface area contributed by atoms with Crippen LogP contribution in [0.2, 0.25) is 0 Å². The first-order valence-corrected chi connectivity index (χ1v) is 6.59. The molecule has 106 valence electrons. The van der Waals surface area contributed by atoms with Crippen LogP contribution in [0.25, 0.3) is 0 Å². The fourth-order valence-electron chi connectivity index (χ4n) is 2.39. The molecule has 0 unspecified atom stereocenters. The largest absolute Gasteiger partial charge is 0.416 e. The van der Waals surface area contributed by atoms with E-state index in [1.807, 2.05) is 0 Å². The second-order valence-corrected chi connectivity index (χ2v) is 5.10. The maximum Gasteiger partial charge on any atom is 0.416 e. The summed E-state index contributed by atoms with van der Waals surface area (Å²) in [5.74, 6) is 0.539. The molecule has 2 N–H and O–H groups in total. The zero-order chi connectivity index (χ0) is 13.9. The van der Waals surface area contributed by atoms with Gasteiger partial charge in [0.2, 0.25) is 0 Å². The highest BCUT2D eigenvalue weighted by molar-refractivity contribution is 5.49. The second-order valence-electron chi connectivity index (χ2n) is 5.10. The van der Waals surface area contributed by atoms with Gasteiger partial charge in [-0.2, -0.15) is 13.2 Å². The summed E-state index contributed by atoms with van der Waals surface area (Å²) in [6, 6.07) is 4.44. The molecule has 0 spiro atoms. The summed E-state index contributed by atoms with van der Waals surface area (Å²) in [4.78, 5) is 0. The van der Waals surface area contributed by atoms with Crippen molar-refractivity contribution in [3.05, 3.63) is 29.3 Å². The third kappa shape index (κ3) is 3.86. The molecule has 0 bridgehead atoms. The van der Waals surface area contributed by atoms with Crippen molar-refractivity contribution in [3.63, 3.8) is 0 Å². The third-order valence-corrected chi connectivity index (χ3v) is 3.60. The monoisotopic (exact) mass is 272 g/mol. The van der Waals surface area contributed by atoms with Gasteiger partial charge < -0.3 is 10.6 Å². The van der Waals surface area contributed by atoms with E-state index >= 15 is 0 Å². The molecule has 1 aromatic rings. The Morgan fingerprint density at radius 2 is 1.95 bits per heavy atom. The Balaban J connectivity index is 2.00. The lowest BCUT2D eigenvalue weighted by molar-refractivity contribution is -0.138. The number of halogens is 3. The molecule has 2 rings (SSSR count). The SMILES string of the molecule is Cc1ccc(NCC2CCNCC2)cc1C(F)(F)F. The van der Waals surface area contributed by atoms with Crippen LogP contribution in [0.3, 0.4) is 0 Å². The van der Waals surface area contributed by atoms with Crippen LogP contribution in [0.5, 0.6) is 0 Å². The number of hydrogen-bond donors (Lipinski definition) is 2. The Labute approximate surface area is 111 Å². The Kier molecular flexibility index (Phi) is 4.34. The van der Waals surface area contributed by atoms with Crippen LogP contribution in [0.4, 0.5) is 18.9 Å². The van der Waals surface area contributed by atoms with Gasteiger partial charge in [-0.15, -0.1) is 0 Å². The maximum atomic E-state index is 12.8. The normalized spacial score (nSPS) is 17.5. The van der Waals surface area contributed by atoms with Crippen molar-refractivity contribution in [1.82, 2.24) is 5.32 Å². The second kappa shape index (κ2) is 5.82. The number of aryl methyl sites for hydroxylation is 1. The molecule has 1 heterocycles. The zero-order valence-electron chi connectivity index (χ0n) is 11.0. The summed E-state index contributed by atoms with van der Waals surface area (Å²) in [6.07, 6.45) is -2.13. The summed E-state index contributed by atoms with van der Waals surface area (Å²) < 4.78 is 38.4. The Morgan fingerprint density at radius 3 is 2.58 bits per heavy atom. The smallest absolute Gasteiger partial charge is 0.385 e. The van der Waals surface area contributed by atoms with Crippen LogP contribution in [-0.4, -0.2) is 19.6 Å². The van der Waals surface area contributed by atoms with E-state index in [-0.39, 0.29) is 5.56 Å². The molecular weight excluding hydrogens is 253 g/mol. The van der Waals surface area contributed by atoms with Crippen LogP contribution >= 0.6 is 0 Å². The summed E-state index contributed by atoms with van der Waals surface area (Å²) >= 11 is 0. The van der Waals surface area contributed by atoms with Gasteiger partial charge in [0.15, 0.2) is 0 Å². The van der Waals surface area contributed by atoms with E-state index in [0.29, 0.717) is 11.6 Å². The van der Waals surface area contributed by atoms with Crippen molar-refractivity contribution in [2.45, 2.75) is 25.9 Å². The average Bonchev–Trinajstić information content (AvgIpc) is 2.37. The van der Waals surface area contributed by atoms with E-state index in [0.717, 1.165) is 32.5 Å². The number of nitrogens with one attached hydrogen (secondary N) is 2. The first kappa shape index (κ1) is 14.2. The topological polar surface area (TPSA) is 24.1 Å². The van der Waals surface area contributed by atoms with E-state index < -0.39 is 11.7 Å². The Morgan fingerprint density at radius 1 is 1.26 bits per heavy atom. The number of piperidine rings is 1.